The third-order valence-corrected chi connectivity index (χ3v) is 16.4. The van der Waals surface area contributed by atoms with Crippen molar-refractivity contribution >= 4 is 76.7 Å². The molecule has 0 bridgehead atoms. The van der Waals surface area contributed by atoms with Crippen LogP contribution < -0.4 is 41.9 Å². The molecule has 318 valence electrons. The normalized spacial score (nSPS) is 20.5. The van der Waals surface area contributed by atoms with Crippen molar-refractivity contribution in [2.75, 3.05) is 0 Å². The smallest absolute Gasteiger partial charge is 0.216 e. The second kappa shape index (κ2) is 14.4. The summed E-state index contributed by atoms with van der Waals surface area (Å²) in [5, 5.41) is 19.8. The van der Waals surface area contributed by atoms with Crippen LogP contribution >= 0.6 is 22.7 Å². The Morgan fingerprint density at radius 2 is 0.939 bits per heavy atom. The zero-order chi connectivity index (χ0) is 45.2. The summed E-state index contributed by atoms with van der Waals surface area (Å²) in [4.78, 5) is 72.2. The van der Waals surface area contributed by atoms with Gasteiger partial charge in [-0.1, -0.05) is 49.3 Å². The lowest BCUT2D eigenvalue weighted by molar-refractivity contribution is 0.0636. The lowest BCUT2D eigenvalue weighted by Crippen LogP contribution is -2.45. The van der Waals surface area contributed by atoms with Crippen LogP contribution in [-0.2, 0) is 0 Å². The zero-order valence-electron chi connectivity index (χ0n) is 34.9. The van der Waals surface area contributed by atoms with Gasteiger partial charge in [0, 0.05) is 56.7 Å². The molecule has 2 aliphatic heterocycles. The molecule has 4 aromatic carbocycles. The predicted octanol–water partition coefficient (Wildman–Crippen LogP) is 9.39. The van der Waals surface area contributed by atoms with E-state index in [0.717, 1.165) is 96.3 Å². The molecule has 0 saturated heterocycles. The van der Waals surface area contributed by atoms with Crippen LogP contribution in [0, 0.1) is 47.6 Å². The van der Waals surface area contributed by atoms with Crippen molar-refractivity contribution in [3.05, 3.63) is 167 Å². The first-order valence-electron chi connectivity index (χ1n) is 21.9. The second-order valence-electron chi connectivity index (χ2n) is 17.9. The monoisotopic (exact) mass is 900 g/mol. The van der Waals surface area contributed by atoms with Crippen LogP contribution in [-0.4, -0.2) is 11.2 Å². The first-order valence-corrected chi connectivity index (χ1v) is 23.5. The molecule has 4 heterocycles. The molecule has 4 aliphatic carbocycles. The highest BCUT2D eigenvalue weighted by molar-refractivity contribution is 7.17. The van der Waals surface area contributed by atoms with E-state index in [1.165, 1.54) is 46.9 Å². The molecule has 2 aromatic heterocycles. The van der Waals surface area contributed by atoms with E-state index in [-0.39, 0.29) is 66.6 Å². The van der Waals surface area contributed by atoms with Gasteiger partial charge in [0.05, 0.1) is 34.0 Å². The van der Waals surface area contributed by atoms with Crippen LogP contribution in [0.1, 0.15) is 85.1 Å². The van der Waals surface area contributed by atoms with Gasteiger partial charge in [0.25, 0.3) is 0 Å². The number of nitrogens with zero attached hydrogens (tertiary/aromatic N) is 6. The van der Waals surface area contributed by atoms with Gasteiger partial charge >= 0.3 is 0 Å². The molecule has 6 aromatic rings. The predicted molar refractivity (Wildman–Crippen MR) is 251 cm³/mol. The number of hydrogen-bond acceptors (Lipinski definition) is 12. The van der Waals surface area contributed by atoms with E-state index in [2.05, 4.69) is 44.0 Å². The average Bonchev–Trinajstić information content (AvgIpc) is 4.06. The Morgan fingerprint density at radius 1 is 0.561 bits per heavy atom. The second-order valence-corrected chi connectivity index (χ2v) is 19.9. The molecule has 12 rings (SSSR count). The molecule has 2 atom stereocenters. The summed E-state index contributed by atoms with van der Waals surface area (Å²) in [7, 11) is 0. The van der Waals surface area contributed by atoms with E-state index < -0.39 is 32.9 Å². The highest BCUT2D eigenvalue weighted by Crippen LogP contribution is 2.60. The third kappa shape index (κ3) is 5.69. The summed E-state index contributed by atoms with van der Waals surface area (Å²) in [6.45, 7) is 15.0. The molecule has 0 radical (unpaired) electrons. The van der Waals surface area contributed by atoms with Crippen molar-refractivity contribution in [2.45, 2.75) is 75.4 Å². The molecular formula is C52H32N6O6S2. The van der Waals surface area contributed by atoms with Crippen LogP contribution in [0.4, 0.5) is 21.4 Å². The number of allylic oxidation sites excluding steroid dienone is 4. The van der Waals surface area contributed by atoms with Gasteiger partial charge in [0.15, 0.2) is 22.1 Å². The van der Waals surface area contributed by atoms with E-state index >= 15 is 0 Å². The molecule has 2 fully saturated rings. The van der Waals surface area contributed by atoms with E-state index in [1.54, 1.807) is 0 Å². The highest BCUT2D eigenvalue weighted by atomic mass is 32.1. The summed E-state index contributed by atoms with van der Waals surface area (Å²) >= 11 is 2.74. The first kappa shape index (κ1) is 39.9. The zero-order valence-corrected chi connectivity index (χ0v) is 36.6. The fourth-order valence-electron chi connectivity index (χ4n) is 11.2. The molecule has 2 saturated carbocycles. The van der Waals surface area contributed by atoms with Crippen molar-refractivity contribution in [1.82, 2.24) is 0 Å². The van der Waals surface area contributed by atoms with Gasteiger partial charge in [0.2, 0.25) is 21.7 Å². The molecule has 2 spiro atoms. The molecule has 2 unspecified atom stereocenters. The van der Waals surface area contributed by atoms with E-state index in [0.29, 0.717) is 21.5 Å². The first-order chi connectivity index (χ1) is 32.1. The van der Waals surface area contributed by atoms with Crippen molar-refractivity contribution in [3.8, 4) is 23.6 Å². The Hall–Kier alpha value is -7.62. The number of rotatable bonds is 2. The fraction of sp³-hybridized carbons (Fsp3) is 0.269. The molecule has 12 nitrogen and oxygen atoms in total. The van der Waals surface area contributed by atoms with Gasteiger partial charge in [-0.3, -0.25) is 28.9 Å². The summed E-state index contributed by atoms with van der Waals surface area (Å²) in [5.41, 5.74) is 1.03. The third-order valence-electron chi connectivity index (χ3n) is 14.3. The van der Waals surface area contributed by atoms with E-state index in [9.17, 15) is 29.7 Å². The van der Waals surface area contributed by atoms with Crippen molar-refractivity contribution in [2.24, 2.45) is 21.8 Å². The molecule has 6 aliphatic rings. The van der Waals surface area contributed by atoms with E-state index in [4.69, 9.17) is 22.6 Å². The maximum absolute atomic E-state index is 13.6. The lowest BCUT2D eigenvalue weighted by atomic mass is 9.65. The summed E-state index contributed by atoms with van der Waals surface area (Å²) in [6, 6.07) is 12.8. The van der Waals surface area contributed by atoms with Crippen LogP contribution in [0.15, 0.2) is 101 Å². The Balaban J connectivity index is 0.980. The number of ether oxygens (including phenoxy) is 2. The van der Waals surface area contributed by atoms with Gasteiger partial charge in [-0.2, -0.15) is 10.5 Å². The van der Waals surface area contributed by atoms with Crippen LogP contribution in [0.3, 0.4) is 0 Å². The molecule has 14 heteroatoms. The standard InChI is InChI=1S/C52H32N6O6S2/c1-55-37-19-31-32(20-38(37)56-2)48(62)44(47(31)61)58-42-22-40-50(66-42)34-14-26-17-35-33(13-25(26)18-36(34)52(64-40)11-7-4-8-12-52)49-39(63-51(35)9-5-3-6-10-51)21-41(65-49)57-43-45(59)29-15-27(23-53)28(24-54)16-30(29)46(43)60/h13-22,25-26H,3-12H2. The Labute approximate surface area is 383 Å². The number of hydrogen-bond donors (Lipinski definition) is 0. The molecule has 0 amide bonds. The van der Waals surface area contributed by atoms with Gasteiger partial charge in [-0.25, -0.2) is 9.98 Å². The number of benzene rings is 2. The quantitative estimate of drug-likeness (QED) is 0.155. The molecule has 0 N–H and O–H groups in total. The summed E-state index contributed by atoms with van der Waals surface area (Å²) in [5.74, 6) is 1.28. The summed E-state index contributed by atoms with van der Waals surface area (Å²) in [6.07, 6.45) is 18.9. The SMILES string of the molecule is [C-]#[N+]c1cc2c(=O)c(=Nc3cc4c(s3)C3=CC5C=C6C(=CC5C=C3C3(CCCCC3)O4)c3sc(N=c4c(=O)c5cc(C#N)c(C#N)cc5c4=O)cc3OC63CCCCC3)c(=O)c2cc1[N+]#[C-]. The Kier molecular flexibility index (Phi) is 8.74. The van der Waals surface area contributed by atoms with Gasteiger partial charge < -0.3 is 9.47 Å². The van der Waals surface area contributed by atoms with Gasteiger partial charge in [-0.05, 0) is 74.6 Å². The molecular weight excluding hydrogens is 869 g/mol. The minimum absolute atomic E-state index is 0.0191. The van der Waals surface area contributed by atoms with Crippen LogP contribution in [0.5, 0.6) is 11.5 Å². The molecule has 66 heavy (non-hydrogen) atoms. The van der Waals surface area contributed by atoms with Crippen LogP contribution in [0.2, 0.25) is 0 Å². The lowest BCUT2D eigenvalue weighted by Gasteiger charge is -2.48. The highest BCUT2D eigenvalue weighted by Gasteiger charge is 2.50. The average molecular weight is 901 g/mol. The maximum Gasteiger partial charge on any atom is 0.216 e. The van der Waals surface area contributed by atoms with Gasteiger partial charge in [-0.15, -0.1) is 22.7 Å². The topological polar surface area (TPSA) is 168 Å². The van der Waals surface area contributed by atoms with Crippen molar-refractivity contribution in [3.63, 3.8) is 0 Å². The maximum atomic E-state index is 13.6. The number of fused-ring (bicyclic) bond motifs is 11. The largest absolute Gasteiger partial charge is 0.481 e. The Morgan fingerprint density at radius 3 is 1.30 bits per heavy atom. The van der Waals surface area contributed by atoms with Crippen molar-refractivity contribution < 1.29 is 9.47 Å². The van der Waals surface area contributed by atoms with E-state index in [1.807, 2.05) is 24.3 Å². The minimum Gasteiger partial charge on any atom is -0.481 e. The fourth-order valence-corrected chi connectivity index (χ4v) is 13.2. The minimum atomic E-state index is -0.582. The Bertz CT molecular complexity index is 3510. The van der Waals surface area contributed by atoms with Gasteiger partial charge in [0.1, 0.15) is 44.8 Å². The summed E-state index contributed by atoms with van der Waals surface area (Å²) < 4.78 is 14.1. The van der Waals surface area contributed by atoms with Crippen molar-refractivity contribution in [1.29, 1.82) is 10.5 Å². The number of nitriles is 2. The number of thiophene rings is 2. The van der Waals surface area contributed by atoms with Crippen LogP contribution in [0.25, 0.3) is 42.4 Å².